The molecule has 1 aliphatic heterocycles. The lowest BCUT2D eigenvalue weighted by Gasteiger charge is -2.25. The van der Waals surface area contributed by atoms with Crippen LogP contribution in [0.25, 0.3) is 0 Å². The van der Waals surface area contributed by atoms with E-state index < -0.39 is 17.2 Å². The minimum absolute atomic E-state index is 0.0288. The third kappa shape index (κ3) is 2.81. The zero-order chi connectivity index (χ0) is 21.9. The van der Waals surface area contributed by atoms with Gasteiger partial charge in [-0.25, -0.2) is 4.79 Å². The second-order valence-corrected chi connectivity index (χ2v) is 7.95. The Labute approximate surface area is 177 Å². The molecule has 1 fully saturated rings. The molecule has 0 amide bonds. The van der Waals surface area contributed by atoms with Gasteiger partial charge in [0.25, 0.3) is 5.56 Å². The van der Waals surface area contributed by atoms with Crippen molar-refractivity contribution in [2.45, 2.75) is 24.2 Å². The maximum absolute atomic E-state index is 13.0. The third-order valence-corrected chi connectivity index (χ3v) is 6.13. The van der Waals surface area contributed by atoms with E-state index in [2.05, 4.69) is 12.1 Å². The first-order valence-electron chi connectivity index (χ1n) is 9.94. The predicted molar refractivity (Wildman–Crippen MR) is 111 cm³/mol. The van der Waals surface area contributed by atoms with E-state index in [1.165, 1.54) is 24.2 Å². The van der Waals surface area contributed by atoms with Crippen LogP contribution in [0.15, 0.2) is 67.9 Å². The van der Waals surface area contributed by atoms with Crippen molar-refractivity contribution in [3.63, 3.8) is 0 Å². The van der Waals surface area contributed by atoms with Gasteiger partial charge in [0.15, 0.2) is 0 Å². The first-order valence-corrected chi connectivity index (χ1v) is 9.94. The first-order chi connectivity index (χ1) is 14.9. The number of allylic oxidation sites excluding steroid dienone is 1. The number of furan rings is 1. The van der Waals surface area contributed by atoms with Crippen LogP contribution >= 0.6 is 0 Å². The standard InChI is InChI=1S/C23H20N4O4/c1-26-21(28)19-18(15(11-24)20(25)31-22(19)27(2)23(26)29)17-9-8-16(30-17)14-10-13(14)12-6-4-3-5-7-12/h3-9,13-14,18H,10,25H2,1-2H3/t13-,14-,18+/m1/s1. The molecule has 3 heterocycles. The van der Waals surface area contributed by atoms with Crippen LogP contribution < -0.4 is 21.7 Å². The van der Waals surface area contributed by atoms with Crippen molar-refractivity contribution in [3.8, 4) is 11.9 Å². The third-order valence-electron chi connectivity index (χ3n) is 6.13. The molecule has 31 heavy (non-hydrogen) atoms. The van der Waals surface area contributed by atoms with Gasteiger partial charge in [-0.1, -0.05) is 30.3 Å². The Hall–Kier alpha value is -3.99. The van der Waals surface area contributed by atoms with Gasteiger partial charge in [0.2, 0.25) is 11.8 Å². The largest absolute Gasteiger partial charge is 0.465 e. The Balaban J connectivity index is 1.60. The Kier molecular flexibility index (Phi) is 4.15. The Bertz CT molecular complexity index is 1390. The number of nitrogens with two attached hydrogens (primary N) is 1. The summed E-state index contributed by atoms with van der Waals surface area (Å²) >= 11 is 0. The molecule has 0 unspecified atom stereocenters. The van der Waals surface area contributed by atoms with E-state index in [0.29, 0.717) is 11.7 Å². The van der Waals surface area contributed by atoms with Gasteiger partial charge in [-0.2, -0.15) is 5.26 Å². The van der Waals surface area contributed by atoms with E-state index in [-0.39, 0.29) is 28.8 Å². The molecule has 8 heteroatoms. The molecule has 1 aromatic carbocycles. The van der Waals surface area contributed by atoms with Crippen molar-refractivity contribution in [1.29, 1.82) is 5.26 Å². The summed E-state index contributed by atoms with van der Waals surface area (Å²) in [4.78, 5) is 25.3. The topological polar surface area (TPSA) is 116 Å². The number of hydrogen-bond donors (Lipinski definition) is 1. The van der Waals surface area contributed by atoms with Crippen LogP contribution in [0.4, 0.5) is 0 Å². The zero-order valence-electron chi connectivity index (χ0n) is 17.0. The van der Waals surface area contributed by atoms with E-state index in [0.717, 1.165) is 16.7 Å². The number of benzene rings is 1. The van der Waals surface area contributed by atoms with Crippen LogP contribution in [-0.2, 0) is 14.1 Å². The van der Waals surface area contributed by atoms with Crippen LogP contribution in [-0.4, -0.2) is 9.13 Å². The summed E-state index contributed by atoms with van der Waals surface area (Å²) in [5.41, 5.74) is 6.40. The van der Waals surface area contributed by atoms with Gasteiger partial charge in [-0.15, -0.1) is 0 Å². The average molecular weight is 416 g/mol. The van der Waals surface area contributed by atoms with E-state index in [9.17, 15) is 14.9 Å². The van der Waals surface area contributed by atoms with Gasteiger partial charge in [-0.05, 0) is 30.0 Å². The Morgan fingerprint density at radius 2 is 1.74 bits per heavy atom. The van der Waals surface area contributed by atoms with Gasteiger partial charge < -0.3 is 14.9 Å². The lowest BCUT2D eigenvalue weighted by atomic mass is 9.89. The van der Waals surface area contributed by atoms with Crippen LogP contribution in [0.3, 0.4) is 0 Å². The second kappa shape index (κ2) is 6.77. The number of ether oxygens (including phenoxy) is 1. The van der Waals surface area contributed by atoms with Crippen molar-refractivity contribution in [2.24, 2.45) is 19.8 Å². The van der Waals surface area contributed by atoms with Crippen molar-refractivity contribution in [2.75, 3.05) is 0 Å². The molecule has 3 aromatic rings. The molecule has 2 N–H and O–H groups in total. The SMILES string of the molecule is Cn1c2c(c(=O)n(C)c1=O)[C@H](c1ccc([C@@H]3C[C@@H]3c3ccccc3)o1)C(C#N)=C(N)O2. The van der Waals surface area contributed by atoms with Crippen molar-refractivity contribution in [3.05, 3.63) is 97.4 Å². The van der Waals surface area contributed by atoms with Gasteiger partial charge in [0, 0.05) is 20.0 Å². The summed E-state index contributed by atoms with van der Waals surface area (Å²) in [7, 11) is 2.88. The first kappa shape index (κ1) is 19.0. The van der Waals surface area contributed by atoms with Crippen molar-refractivity contribution < 1.29 is 9.15 Å². The van der Waals surface area contributed by atoms with Crippen LogP contribution in [0.2, 0.25) is 0 Å². The second-order valence-electron chi connectivity index (χ2n) is 7.95. The fourth-order valence-electron chi connectivity index (χ4n) is 4.37. The molecular formula is C23H20N4O4. The lowest BCUT2D eigenvalue weighted by Crippen LogP contribution is -2.42. The summed E-state index contributed by atoms with van der Waals surface area (Å²) in [5, 5.41) is 9.73. The van der Waals surface area contributed by atoms with Gasteiger partial charge >= 0.3 is 5.69 Å². The summed E-state index contributed by atoms with van der Waals surface area (Å²) in [5.74, 6) is 0.887. The minimum Gasteiger partial charge on any atom is -0.465 e. The van der Waals surface area contributed by atoms with Crippen molar-refractivity contribution >= 4 is 0 Å². The van der Waals surface area contributed by atoms with Gasteiger partial charge in [-0.3, -0.25) is 13.9 Å². The average Bonchev–Trinajstić information content (AvgIpc) is 3.44. The Morgan fingerprint density at radius 3 is 2.45 bits per heavy atom. The fourth-order valence-corrected chi connectivity index (χ4v) is 4.37. The number of fused-ring (bicyclic) bond motifs is 1. The summed E-state index contributed by atoms with van der Waals surface area (Å²) < 4.78 is 13.9. The normalized spacial score (nSPS) is 21.9. The van der Waals surface area contributed by atoms with Crippen LogP contribution in [0, 0.1) is 11.3 Å². The molecule has 156 valence electrons. The lowest BCUT2D eigenvalue weighted by molar-refractivity contribution is 0.340. The maximum Gasteiger partial charge on any atom is 0.333 e. The highest BCUT2D eigenvalue weighted by atomic mass is 16.5. The molecular weight excluding hydrogens is 396 g/mol. The maximum atomic E-state index is 13.0. The summed E-state index contributed by atoms with van der Waals surface area (Å²) in [6, 6.07) is 15.9. The van der Waals surface area contributed by atoms with E-state index >= 15 is 0 Å². The molecule has 0 radical (unpaired) electrons. The molecule has 1 aliphatic carbocycles. The molecule has 2 aromatic heterocycles. The quantitative estimate of drug-likeness (QED) is 0.699. The molecule has 0 saturated heterocycles. The highest BCUT2D eigenvalue weighted by Gasteiger charge is 2.43. The van der Waals surface area contributed by atoms with Gasteiger partial charge in [0.05, 0.1) is 11.5 Å². The molecule has 0 spiro atoms. The minimum atomic E-state index is -0.845. The van der Waals surface area contributed by atoms with E-state index in [4.69, 9.17) is 14.9 Å². The highest BCUT2D eigenvalue weighted by Crippen LogP contribution is 2.55. The highest BCUT2D eigenvalue weighted by molar-refractivity contribution is 5.51. The number of nitriles is 1. The van der Waals surface area contributed by atoms with Crippen LogP contribution in [0.1, 0.15) is 46.8 Å². The zero-order valence-corrected chi connectivity index (χ0v) is 17.0. The Morgan fingerprint density at radius 1 is 1.03 bits per heavy atom. The molecule has 8 nitrogen and oxygen atoms in total. The smallest absolute Gasteiger partial charge is 0.333 e. The predicted octanol–water partition coefficient (Wildman–Crippen LogP) is 2.17. The molecule has 1 saturated carbocycles. The number of nitrogens with zero attached hydrogens (tertiary/aromatic N) is 3. The molecule has 0 bridgehead atoms. The number of hydrogen-bond acceptors (Lipinski definition) is 6. The van der Waals surface area contributed by atoms with E-state index in [1.54, 1.807) is 6.07 Å². The number of rotatable bonds is 3. The molecule has 5 rings (SSSR count). The summed E-state index contributed by atoms with van der Waals surface area (Å²) in [6.07, 6.45) is 0.973. The molecule has 2 aliphatic rings. The fraction of sp³-hybridized carbons (Fsp3) is 0.261. The van der Waals surface area contributed by atoms with E-state index in [1.807, 2.05) is 30.3 Å². The number of aromatic nitrogens is 2. The monoisotopic (exact) mass is 416 g/mol. The summed E-state index contributed by atoms with van der Waals surface area (Å²) in [6.45, 7) is 0. The molecule has 3 atom stereocenters. The van der Waals surface area contributed by atoms with Crippen LogP contribution in [0.5, 0.6) is 5.88 Å². The van der Waals surface area contributed by atoms with Gasteiger partial charge in [0.1, 0.15) is 23.2 Å². The van der Waals surface area contributed by atoms with Crippen molar-refractivity contribution in [1.82, 2.24) is 9.13 Å².